The van der Waals surface area contributed by atoms with Gasteiger partial charge in [-0.3, -0.25) is 9.59 Å². The molecule has 0 bridgehead atoms. The van der Waals surface area contributed by atoms with Crippen molar-refractivity contribution in [2.75, 3.05) is 0 Å². The monoisotopic (exact) mass is 278 g/mol. The normalized spacial score (nSPS) is 17.4. The Kier molecular flexibility index (Phi) is 4.22. The van der Waals surface area contributed by atoms with Gasteiger partial charge in [-0.25, -0.2) is 4.98 Å². The van der Waals surface area contributed by atoms with Crippen LogP contribution in [-0.2, 0) is 4.79 Å². The summed E-state index contributed by atoms with van der Waals surface area (Å²) in [5, 5.41) is 21.5. The van der Waals surface area contributed by atoms with Crippen LogP contribution in [0.25, 0.3) is 0 Å². The van der Waals surface area contributed by atoms with Gasteiger partial charge in [0.1, 0.15) is 5.75 Å². The van der Waals surface area contributed by atoms with Gasteiger partial charge >= 0.3 is 5.97 Å². The number of carbonyl (C=O) groups excluding carboxylic acids is 1. The first-order valence-corrected chi connectivity index (χ1v) is 6.71. The quantitative estimate of drug-likeness (QED) is 0.778. The van der Waals surface area contributed by atoms with Crippen molar-refractivity contribution in [2.45, 2.75) is 44.1 Å². The lowest BCUT2D eigenvalue weighted by atomic mass is 9.79. The van der Waals surface area contributed by atoms with E-state index in [1.54, 1.807) is 0 Å². The molecule has 0 saturated heterocycles. The van der Waals surface area contributed by atoms with E-state index >= 15 is 0 Å². The number of nitrogens with zero attached hydrogens (tertiary/aromatic N) is 1. The van der Waals surface area contributed by atoms with E-state index in [0.29, 0.717) is 12.8 Å². The molecule has 1 saturated carbocycles. The van der Waals surface area contributed by atoms with Crippen LogP contribution in [0.1, 0.15) is 49.0 Å². The van der Waals surface area contributed by atoms with Gasteiger partial charge in [-0.15, -0.1) is 0 Å². The highest BCUT2D eigenvalue weighted by molar-refractivity contribution is 5.95. The molecule has 1 amide bonds. The van der Waals surface area contributed by atoms with E-state index in [1.165, 1.54) is 18.3 Å². The van der Waals surface area contributed by atoms with E-state index in [2.05, 4.69) is 10.3 Å². The molecule has 0 spiro atoms. The Morgan fingerprint density at radius 2 is 2.00 bits per heavy atom. The SMILES string of the molecule is O=C(O)CC1(NC(=O)c2ncccc2O)CCCCC1. The van der Waals surface area contributed by atoms with Gasteiger partial charge in [0, 0.05) is 6.20 Å². The average molecular weight is 278 g/mol. The molecule has 0 atom stereocenters. The summed E-state index contributed by atoms with van der Waals surface area (Å²) < 4.78 is 0. The number of rotatable bonds is 4. The Morgan fingerprint density at radius 1 is 1.30 bits per heavy atom. The van der Waals surface area contributed by atoms with Gasteiger partial charge in [0.05, 0.1) is 12.0 Å². The second-order valence-electron chi connectivity index (χ2n) is 5.24. The molecule has 6 heteroatoms. The molecule has 0 radical (unpaired) electrons. The highest BCUT2D eigenvalue weighted by atomic mass is 16.4. The van der Waals surface area contributed by atoms with Crippen molar-refractivity contribution in [1.82, 2.24) is 10.3 Å². The molecule has 0 aliphatic heterocycles. The molecular weight excluding hydrogens is 260 g/mol. The van der Waals surface area contributed by atoms with Gasteiger partial charge in [0.25, 0.3) is 5.91 Å². The molecule has 1 aromatic heterocycles. The van der Waals surface area contributed by atoms with Crippen molar-refractivity contribution in [3.8, 4) is 5.75 Å². The third-order valence-electron chi connectivity index (χ3n) is 3.68. The van der Waals surface area contributed by atoms with Gasteiger partial charge in [0.15, 0.2) is 5.69 Å². The minimum absolute atomic E-state index is 0.0668. The number of carboxylic acid groups (broad SMARTS) is 1. The lowest BCUT2D eigenvalue weighted by molar-refractivity contribution is -0.139. The Labute approximate surface area is 116 Å². The predicted octanol–water partition coefficient (Wildman–Crippen LogP) is 1.69. The third kappa shape index (κ3) is 3.26. The summed E-state index contributed by atoms with van der Waals surface area (Å²) in [7, 11) is 0. The van der Waals surface area contributed by atoms with Gasteiger partial charge < -0.3 is 15.5 Å². The molecule has 1 aliphatic carbocycles. The Hall–Kier alpha value is -2.11. The van der Waals surface area contributed by atoms with E-state index in [-0.39, 0.29) is 17.9 Å². The van der Waals surface area contributed by atoms with Crippen LogP contribution in [0, 0.1) is 0 Å². The zero-order chi connectivity index (χ0) is 14.6. The molecule has 1 aromatic rings. The Morgan fingerprint density at radius 3 is 2.60 bits per heavy atom. The van der Waals surface area contributed by atoms with Crippen LogP contribution in [0.5, 0.6) is 5.75 Å². The number of carboxylic acids is 1. The van der Waals surface area contributed by atoms with Crippen LogP contribution >= 0.6 is 0 Å². The van der Waals surface area contributed by atoms with Crippen LogP contribution in [0.3, 0.4) is 0 Å². The number of aliphatic carboxylic acids is 1. The number of amides is 1. The van der Waals surface area contributed by atoms with Crippen LogP contribution in [-0.4, -0.2) is 32.6 Å². The number of hydrogen-bond acceptors (Lipinski definition) is 4. The molecule has 1 heterocycles. The maximum atomic E-state index is 12.2. The lowest BCUT2D eigenvalue weighted by Crippen LogP contribution is -2.51. The summed E-state index contributed by atoms with van der Waals surface area (Å²) >= 11 is 0. The summed E-state index contributed by atoms with van der Waals surface area (Å²) in [4.78, 5) is 27.1. The number of nitrogens with one attached hydrogen (secondary N) is 1. The first-order valence-electron chi connectivity index (χ1n) is 6.71. The van der Waals surface area contributed by atoms with E-state index in [4.69, 9.17) is 5.11 Å². The predicted molar refractivity (Wildman–Crippen MR) is 71.4 cm³/mol. The van der Waals surface area contributed by atoms with Crippen molar-refractivity contribution < 1.29 is 19.8 Å². The number of hydrogen-bond donors (Lipinski definition) is 3. The molecule has 6 nitrogen and oxygen atoms in total. The van der Waals surface area contributed by atoms with Crippen LogP contribution < -0.4 is 5.32 Å². The maximum absolute atomic E-state index is 12.2. The Balaban J connectivity index is 2.17. The van der Waals surface area contributed by atoms with E-state index in [1.807, 2.05) is 0 Å². The van der Waals surface area contributed by atoms with Crippen molar-refractivity contribution in [3.63, 3.8) is 0 Å². The number of pyridine rings is 1. The molecule has 3 N–H and O–H groups in total. The number of aromatic hydroxyl groups is 1. The van der Waals surface area contributed by atoms with Crippen LogP contribution in [0.2, 0.25) is 0 Å². The summed E-state index contributed by atoms with van der Waals surface area (Å²) in [6.45, 7) is 0. The number of aromatic nitrogens is 1. The highest BCUT2D eigenvalue weighted by Gasteiger charge is 2.36. The van der Waals surface area contributed by atoms with Gasteiger partial charge in [0.2, 0.25) is 0 Å². The maximum Gasteiger partial charge on any atom is 0.305 e. The van der Waals surface area contributed by atoms with Crippen LogP contribution in [0.15, 0.2) is 18.3 Å². The van der Waals surface area contributed by atoms with E-state index < -0.39 is 17.4 Å². The standard InChI is InChI=1S/C14H18N2O4/c17-10-5-4-8-15-12(10)13(20)16-14(9-11(18)19)6-2-1-3-7-14/h4-5,8,17H,1-3,6-7,9H2,(H,16,20)(H,18,19). The van der Waals surface area contributed by atoms with E-state index in [9.17, 15) is 14.7 Å². The van der Waals surface area contributed by atoms with Crippen molar-refractivity contribution in [3.05, 3.63) is 24.0 Å². The Bertz CT molecular complexity index is 510. The van der Waals surface area contributed by atoms with Gasteiger partial charge in [-0.1, -0.05) is 19.3 Å². The molecule has 2 rings (SSSR count). The molecule has 1 aliphatic rings. The lowest BCUT2D eigenvalue weighted by Gasteiger charge is -2.36. The van der Waals surface area contributed by atoms with Gasteiger partial charge in [-0.05, 0) is 25.0 Å². The fraction of sp³-hybridized carbons (Fsp3) is 0.500. The molecule has 1 fully saturated rings. The highest BCUT2D eigenvalue weighted by Crippen LogP contribution is 2.31. The second-order valence-corrected chi connectivity index (χ2v) is 5.24. The zero-order valence-corrected chi connectivity index (χ0v) is 11.1. The average Bonchev–Trinajstić information content (AvgIpc) is 2.39. The second kappa shape index (κ2) is 5.90. The number of carbonyl (C=O) groups is 2. The summed E-state index contributed by atoms with van der Waals surface area (Å²) in [5.41, 5.74) is -0.798. The summed E-state index contributed by atoms with van der Waals surface area (Å²) in [6.07, 6.45) is 5.42. The molecule has 20 heavy (non-hydrogen) atoms. The van der Waals surface area contributed by atoms with Crippen molar-refractivity contribution in [1.29, 1.82) is 0 Å². The minimum Gasteiger partial charge on any atom is -0.505 e. The smallest absolute Gasteiger partial charge is 0.305 e. The molecule has 108 valence electrons. The van der Waals surface area contributed by atoms with E-state index in [0.717, 1.165) is 19.3 Å². The minimum atomic E-state index is -0.933. The fourth-order valence-electron chi connectivity index (χ4n) is 2.74. The first kappa shape index (κ1) is 14.3. The molecular formula is C14H18N2O4. The molecule has 0 unspecified atom stereocenters. The largest absolute Gasteiger partial charge is 0.505 e. The summed E-state index contributed by atoms with van der Waals surface area (Å²) in [5.74, 6) is -1.66. The summed E-state index contributed by atoms with van der Waals surface area (Å²) in [6, 6.07) is 2.91. The fourth-order valence-corrected chi connectivity index (χ4v) is 2.74. The van der Waals surface area contributed by atoms with Crippen LogP contribution in [0.4, 0.5) is 0 Å². The van der Waals surface area contributed by atoms with Crippen molar-refractivity contribution in [2.24, 2.45) is 0 Å². The topological polar surface area (TPSA) is 99.5 Å². The van der Waals surface area contributed by atoms with Crippen molar-refractivity contribution >= 4 is 11.9 Å². The third-order valence-corrected chi connectivity index (χ3v) is 3.68. The molecule has 0 aromatic carbocycles. The van der Waals surface area contributed by atoms with Gasteiger partial charge in [-0.2, -0.15) is 0 Å². The first-order chi connectivity index (χ1) is 9.52. The zero-order valence-electron chi connectivity index (χ0n) is 11.1.